The maximum Gasteiger partial charge on any atom is 0.328 e. The van der Waals surface area contributed by atoms with Crippen molar-refractivity contribution < 1.29 is 23.8 Å². The lowest BCUT2D eigenvalue weighted by Gasteiger charge is -2.12. The van der Waals surface area contributed by atoms with Crippen molar-refractivity contribution in [2.75, 3.05) is 13.9 Å². The first-order valence-electron chi connectivity index (χ1n) is 10.3. The number of methoxy groups -OCH3 is 1. The molecule has 0 spiro atoms. The molecule has 0 aliphatic heterocycles. The van der Waals surface area contributed by atoms with E-state index >= 15 is 0 Å². The van der Waals surface area contributed by atoms with E-state index in [1.165, 1.54) is 18.2 Å². The van der Waals surface area contributed by atoms with E-state index in [0.29, 0.717) is 11.4 Å². The number of ether oxygens (including phenoxy) is 2. The number of aliphatic carboxylic acids is 1. The van der Waals surface area contributed by atoms with Gasteiger partial charge < -0.3 is 14.6 Å². The lowest BCUT2D eigenvalue weighted by atomic mass is 9.95. The second kappa shape index (κ2) is 12.0. The van der Waals surface area contributed by atoms with Gasteiger partial charge in [-0.25, -0.2) is 9.18 Å². The number of hydrogen-bond acceptors (Lipinski definition) is 3. The molecule has 3 aromatic rings. The zero-order valence-electron chi connectivity index (χ0n) is 18.1. The monoisotopic (exact) mass is 466 g/mol. The molecule has 3 aromatic carbocycles. The topological polar surface area (TPSA) is 55.8 Å². The van der Waals surface area contributed by atoms with Gasteiger partial charge in [-0.2, -0.15) is 0 Å². The molecule has 0 aliphatic carbocycles. The number of rotatable bonds is 10. The number of carbonyl (C=O) groups is 1. The number of halogens is 2. The van der Waals surface area contributed by atoms with Crippen LogP contribution in [-0.2, 0) is 16.0 Å². The molecule has 1 N–H and O–H groups in total. The Kier molecular flexibility index (Phi) is 8.81. The summed E-state index contributed by atoms with van der Waals surface area (Å²) in [7, 11) is 1.57. The number of aryl methyl sites for hydroxylation is 1. The van der Waals surface area contributed by atoms with Crippen molar-refractivity contribution in [3.63, 3.8) is 0 Å². The Bertz CT molecular complexity index is 1140. The fourth-order valence-corrected chi connectivity index (χ4v) is 3.55. The van der Waals surface area contributed by atoms with Gasteiger partial charge in [-0.3, -0.25) is 0 Å². The molecule has 0 radical (unpaired) electrons. The van der Waals surface area contributed by atoms with E-state index in [1.807, 2.05) is 54.6 Å². The van der Waals surface area contributed by atoms with E-state index in [0.717, 1.165) is 46.1 Å². The summed E-state index contributed by atoms with van der Waals surface area (Å²) in [4.78, 5) is 10.7. The standard InChI is InChI=1S/C27H24ClFO4/c1-32-18-33-24-12-7-20(8-13-24)6-10-22(25-14-11-23(29)17-26(25)28)16-21-4-2-19(3-5-21)9-15-27(30)31/h2-5,7-9,11-17H,6,10,18H2,1H3,(H,30,31)/b15-9+,22-16+. The molecule has 0 bridgehead atoms. The molecule has 33 heavy (non-hydrogen) atoms. The van der Waals surface area contributed by atoms with E-state index in [1.54, 1.807) is 13.2 Å². The van der Waals surface area contributed by atoms with Crippen LogP contribution < -0.4 is 4.74 Å². The second-order valence-electron chi connectivity index (χ2n) is 7.33. The van der Waals surface area contributed by atoms with Crippen molar-refractivity contribution in [2.24, 2.45) is 0 Å². The first-order chi connectivity index (χ1) is 15.9. The molecule has 4 nitrogen and oxygen atoms in total. The molecule has 6 heteroatoms. The van der Waals surface area contributed by atoms with Gasteiger partial charge in [0, 0.05) is 13.2 Å². The Hall–Kier alpha value is -3.41. The maximum absolute atomic E-state index is 13.6. The van der Waals surface area contributed by atoms with Crippen LogP contribution in [0.4, 0.5) is 4.39 Å². The third-order valence-corrected chi connectivity index (χ3v) is 5.24. The van der Waals surface area contributed by atoms with Crippen LogP contribution in [0.2, 0.25) is 5.02 Å². The molecule has 0 heterocycles. The Morgan fingerprint density at radius 2 is 1.73 bits per heavy atom. The summed E-state index contributed by atoms with van der Waals surface area (Å²) >= 11 is 6.36. The zero-order valence-corrected chi connectivity index (χ0v) is 18.9. The smallest absolute Gasteiger partial charge is 0.328 e. The molecular formula is C27H24ClFO4. The summed E-state index contributed by atoms with van der Waals surface area (Å²) in [5.41, 5.74) is 4.58. The van der Waals surface area contributed by atoms with E-state index in [4.69, 9.17) is 26.2 Å². The second-order valence-corrected chi connectivity index (χ2v) is 7.73. The predicted molar refractivity (Wildman–Crippen MR) is 130 cm³/mol. The predicted octanol–water partition coefficient (Wildman–Crippen LogP) is 6.73. The van der Waals surface area contributed by atoms with Crippen molar-refractivity contribution in [2.45, 2.75) is 12.8 Å². The summed E-state index contributed by atoms with van der Waals surface area (Å²) in [5.74, 6) is -0.648. The van der Waals surface area contributed by atoms with Crippen molar-refractivity contribution >= 4 is 35.3 Å². The largest absolute Gasteiger partial charge is 0.478 e. The Labute approximate surface area is 197 Å². The molecule has 0 aliphatic rings. The highest BCUT2D eigenvalue weighted by atomic mass is 35.5. The molecule has 0 saturated carbocycles. The van der Waals surface area contributed by atoms with Crippen molar-refractivity contribution in [1.82, 2.24) is 0 Å². The number of benzene rings is 3. The third kappa shape index (κ3) is 7.59. The molecule has 0 amide bonds. The lowest BCUT2D eigenvalue weighted by Crippen LogP contribution is -1.98. The summed E-state index contributed by atoms with van der Waals surface area (Å²) in [6.45, 7) is 0.195. The molecule has 0 fully saturated rings. The number of carboxylic acids is 1. The molecule has 3 rings (SSSR count). The van der Waals surface area contributed by atoms with Crippen LogP contribution in [0.3, 0.4) is 0 Å². The minimum absolute atomic E-state index is 0.195. The quantitative estimate of drug-likeness (QED) is 0.204. The van der Waals surface area contributed by atoms with E-state index < -0.39 is 5.97 Å². The summed E-state index contributed by atoms with van der Waals surface area (Å²) < 4.78 is 24.0. The Morgan fingerprint density at radius 3 is 2.36 bits per heavy atom. The van der Waals surface area contributed by atoms with Gasteiger partial charge in [0.05, 0.1) is 5.02 Å². The van der Waals surface area contributed by atoms with Crippen LogP contribution in [-0.4, -0.2) is 25.0 Å². The van der Waals surface area contributed by atoms with Crippen molar-refractivity contribution in [3.05, 3.63) is 106 Å². The van der Waals surface area contributed by atoms with Crippen LogP contribution >= 0.6 is 11.6 Å². The summed E-state index contributed by atoms with van der Waals surface area (Å²) in [6.07, 6.45) is 6.08. The first-order valence-corrected chi connectivity index (χ1v) is 10.7. The first kappa shape index (κ1) is 24.2. The van der Waals surface area contributed by atoms with Gasteiger partial charge >= 0.3 is 5.97 Å². The van der Waals surface area contributed by atoms with Crippen LogP contribution in [0.1, 0.15) is 28.7 Å². The van der Waals surface area contributed by atoms with Crippen molar-refractivity contribution in [1.29, 1.82) is 0 Å². The lowest BCUT2D eigenvalue weighted by molar-refractivity contribution is -0.131. The molecule has 170 valence electrons. The van der Waals surface area contributed by atoms with Crippen LogP contribution in [0.15, 0.2) is 72.8 Å². The van der Waals surface area contributed by atoms with Gasteiger partial charge in [0.1, 0.15) is 11.6 Å². The van der Waals surface area contributed by atoms with E-state index in [2.05, 4.69) is 0 Å². The van der Waals surface area contributed by atoms with Crippen LogP contribution in [0, 0.1) is 5.82 Å². The normalized spacial score (nSPS) is 11.7. The average molecular weight is 467 g/mol. The van der Waals surface area contributed by atoms with Gasteiger partial charge in [-0.15, -0.1) is 0 Å². The van der Waals surface area contributed by atoms with Gasteiger partial charge in [0.15, 0.2) is 6.79 Å². The highest BCUT2D eigenvalue weighted by Gasteiger charge is 2.09. The number of hydrogen-bond donors (Lipinski definition) is 1. The van der Waals surface area contributed by atoms with E-state index in [-0.39, 0.29) is 12.6 Å². The SMILES string of the molecule is COCOc1ccc(CC/C(=C\c2ccc(/C=C/C(=O)O)cc2)c2ccc(F)cc2Cl)cc1. The minimum atomic E-state index is -0.995. The molecular weight excluding hydrogens is 443 g/mol. The average Bonchev–Trinajstić information content (AvgIpc) is 2.81. The zero-order chi connectivity index (χ0) is 23.6. The van der Waals surface area contributed by atoms with Crippen LogP contribution in [0.5, 0.6) is 5.75 Å². The molecule has 0 unspecified atom stereocenters. The molecule has 0 aromatic heterocycles. The third-order valence-electron chi connectivity index (χ3n) is 4.92. The van der Waals surface area contributed by atoms with Gasteiger partial charge in [0.25, 0.3) is 0 Å². The van der Waals surface area contributed by atoms with Crippen molar-refractivity contribution in [3.8, 4) is 5.75 Å². The van der Waals surface area contributed by atoms with Gasteiger partial charge in [-0.1, -0.05) is 60.1 Å². The Morgan fingerprint density at radius 1 is 1.03 bits per heavy atom. The number of carboxylic acid groups (broad SMARTS) is 1. The van der Waals surface area contributed by atoms with Gasteiger partial charge in [-0.05, 0) is 71.0 Å². The molecule has 0 atom stereocenters. The Balaban J connectivity index is 1.83. The van der Waals surface area contributed by atoms with E-state index in [9.17, 15) is 9.18 Å². The highest BCUT2D eigenvalue weighted by molar-refractivity contribution is 6.32. The molecule has 0 saturated heterocycles. The number of allylic oxidation sites excluding steroid dienone is 1. The minimum Gasteiger partial charge on any atom is -0.478 e. The summed E-state index contributed by atoms with van der Waals surface area (Å²) in [6, 6.07) is 19.7. The fourth-order valence-electron chi connectivity index (χ4n) is 3.26. The summed E-state index contributed by atoms with van der Waals surface area (Å²) in [5, 5.41) is 9.13. The fraction of sp³-hybridized carbons (Fsp3) is 0.148. The van der Waals surface area contributed by atoms with Gasteiger partial charge in [0.2, 0.25) is 0 Å². The highest BCUT2D eigenvalue weighted by Crippen LogP contribution is 2.30. The maximum atomic E-state index is 13.6. The van der Waals surface area contributed by atoms with Crippen LogP contribution in [0.25, 0.3) is 17.7 Å².